The van der Waals surface area contributed by atoms with Gasteiger partial charge in [0.1, 0.15) is 0 Å². The Balaban J connectivity index is 2.23. The summed E-state index contributed by atoms with van der Waals surface area (Å²) in [6, 6.07) is 15.4. The minimum Gasteiger partial charge on any atom is -0.126 e. The molecule has 0 fully saturated rings. The predicted molar refractivity (Wildman–Crippen MR) is 84.3 cm³/mol. The number of halogens is 1. The van der Waals surface area contributed by atoms with Crippen LogP contribution in [-0.4, -0.2) is 5.88 Å². The quantitative estimate of drug-likeness (QED) is 0.673. The number of rotatable bonds is 4. The molecule has 0 heterocycles. The topological polar surface area (TPSA) is 0 Å². The van der Waals surface area contributed by atoms with E-state index in [-0.39, 0.29) is 0 Å². The normalized spacial score (nSPS) is 12.4. The third-order valence-electron chi connectivity index (χ3n) is 3.71. The number of benzene rings is 2. The smallest absolute Gasteiger partial charge is 0.0295 e. The van der Waals surface area contributed by atoms with E-state index in [4.69, 9.17) is 11.6 Å². The van der Waals surface area contributed by atoms with E-state index in [9.17, 15) is 0 Å². The monoisotopic (exact) mass is 272 g/mol. The van der Waals surface area contributed by atoms with E-state index in [1.165, 1.54) is 27.8 Å². The van der Waals surface area contributed by atoms with Crippen molar-refractivity contribution in [1.29, 1.82) is 0 Å². The van der Waals surface area contributed by atoms with E-state index in [1.807, 2.05) is 0 Å². The summed E-state index contributed by atoms with van der Waals surface area (Å²) in [6.07, 6.45) is 1.01. The van der Waals surface area contributed by atoms with Crippen LogP contribution in [0.15, 0.2) is 42.5 Å². The van der Waals surface area contributed by atoms with Gasteiger partial charge in [-0.05, 0) is 43.9 Å². The molecule has 0 saturated carbocycles. The summed E-state index contributed by atoms with van der Waals surface area (Å²) in [7, 11) is 0. The van der Waals surface area contributed by atoms with Crippen LogP contribution in [0, 0.1) is 20.8 Å². The van der Waals surface area contributed by atoms with Crippen LogP contribution in [0.5, 0.6) is 0 Å². The second-order valence-electron chi connectivity index (χ2n) is 5.40. The van der Waals surface area contributed by atoms with E-state index in [2.05, 4.69) is 63.2 Å². The number of aryl methyl sites for hydroxylation is 3. The Hall–Kier alpha value is -1.27. The molecule has 0 aromatic heterocycles. The first-order valence-electron chi connectivity index (χ1n) is 6.79. The van der Waals surface area contributed by atoms with Crippen LogP contribution in [0.2, 0.25) is 0 Å². The molecule has 2 aromatic carbocycles. The molecule has 0 spiro atoms. The molecule has 1 atom stereocenters. The summed E-state index contributed by atoms with van der Waals surface area (Å²) in [5, 5.41) is 0. The SMILES string of the molecule is Cc1ccc(C(CCl)Cc2cc(C)ccc2C)cc1. The van der Waals surface area contributed by atoms with Gasteiger partial charge >= 0.3 is 0 Å². The number of hydrogen-bond donors (Lipinski definition) is 0. The molecule has 0 nitrogen and oxygen atoms in total. The van der Waals surface area contributed by atoms with Crippen molar-refractivity contribution < 1.29 is 0 Å². The first-order valence-corrected chi connectivity index (χ1v) is 7.32. The predicted octanol–water partition coefficient (Wildman–Crippen LogP) is 5.18. The Morgan fingerprint density at radius 3 is 2.16 bits per heavy atom. The number of alkyl halides is 1. The van der Waals surface area contributed by atoms with Gasteiger partial charge in [-0.25, -0.2) is 0 Å². The summed E-state index contributed by atoms with van der Waals surface area (Å²) in [6.45, 7) is 6.43. The lowest BCUT2D eigenvalue weighted by molar-refractivity contribution is 0.761. The molecule has 0 amide bonds. The third kappa shape index (κ3) is 3.61. The van der Waals surface area contributed by atoms with Gasteiger partial charge in [-0.3, -0.25) is 0 Å². The van der Waals surface area contributed by atoms with Gasteiger partial charge in [0.2, 0.25) is 0 Å². The summed E-state index contributed by atoms with van der Waals surface area (Å²) in [5.74, 6) is 1.05. The van der Waals surface area contributed by atoms with Gasteiger partial charge in [-0.2, -0.15) is 0 Å². The Morgan fingerprint density at radius 2 is 1.53 bits per heavy atom. The van der Waals surface area contributed by atoms with Gasteiger partial charge in [0.05, 0.1) is 0 Å². The molecule has 1 heteroatoms. The molecule has 19 heavy (non-hydrogen) atoms. The van der Waals surface area contributed by atoms with E-state index < -0.39 is 0 Å². The minimum atomic E-state index is 0.391. The summed E-state index contributed by atoms with van der Waals surface area (Å²) < 4.78 is 0. The lowest BCUT2D eigenvalue weighted by atomic mass is 9.90. The van der Waals surface area contributed by atoms with Gasteiger partial charge in [-0.1, -0.05) is 53.6 Å². The molecule has 2 aromatic rings. The first kappa shape index (κ1) is 14.1. The van der Waals surface area contributed by atoms with Crippen molar-refractivity contribution in [2.75, 3.05) is 5.88 Å². The molecule has 0 saturated heterocycles. The van der Waals surface area contributed by atoms with Crippen molar-refractivity contribution in [3.63, 3.8) is 0 Å². The molecule has 0 bridgehead atoms. The molecule has 0 aliphatic carbocycles. The lowest BCUT2D eigenvalue weighted by Crippen LogP contribution is -2.06. The van der Waals surface area contributed by atoms with Crippen molar-refractivity contribution in [2.24, 2.45) is 0 Å². The first-order chi connectivity index (χ1) is 9.10. The lowest BCUT2D eigenvalue weighted by Gasteiger charge is -2.17. The van der Waals surface area contributed by atoms with Gasteiger partial charge < -0.3 is 0 Å². The van der Waals surface area contributed by atoms with Crippen molar-refractivity contribution in [3.05, 3.63) is 70.3 Å². The highest BCUT2D eigenvalue weighted by atomic mass is 35.5. The van der Waals surface area contributed by atoms with Crippen LogP contribution < -0.4 is 0 Å². The second-order valence-corrected chi connectivity index (χ2v) is 5.70. The number of hydrogen-bond acceptors (Lipinski definition) is 0. The molecular weight excluding hydrogens is 252 g/mol. The zero-order valence-corrected chi connectivity index (χ0v) is 12.7. The van der Waals surface area contributed by atoms with Gasteiger partial charge in [-0.15, -0.1) is 11.6 Å². The van der Waals surface area contributed by atoms with Gasteiger partial charge in [0, 0.05) is 11.8 Å². The average molecular weight is 273 g/mol. The van der Waals surface area contributed by atoms with Crippen molar-refractivity contribution >= 4 is 11.6 Å². The second kappa shape index (κ2) is 6.25. The summed E-state index contributed by atoms with van der Waals surface area (Å²) in [4.78, 5) is 0. The van der Waals surface area contributed by atoms with Crippen LogP contribution in [-0.2, 0) is 6.42 Å². The van der Waals surface area contributed by atoms with Crippen LogP contribution in [0.25, 0.3) is 0 Å². The van der Waals surface area contributed by atoms with Crippen molar-refractivity contribution in [2.45, 2.75) is 33.1 Å². The van der Waals surface area contributed by atoms with E-state index in [1.54, 1.807) is 0 Å². The van der Waals surface area contributed by atoms with Gasteiger partial charge in [0.25, 0.3) is 0 Å². The Labute approximate surface area is 121 Å². The molecular formula is C18H21Cl. The molecule has 1 unspecified atom stereocenters. The maximum absolute atomic E-state index is 6.18. The standard InChI is InChI=1S/C18H21Cl/c1-13-5-8-16(9-6-13)18(12-19)11-17-10-14(2)4-7-15(17)3/h4-10,18H,11-12H2,1-3H3. The van der Waals surface area contributed by atoms with Crippen molar-refractivity contribution in [1.82, 2.24) is 0 Å². The average Bonchev–Trinajstić information content (AvgIpc) is 2.41. The fraction of sp³-hybridized carbons (Fsp3) is 0.333. The van der Waals surface area contributed by atoms with Crippen molar-refractivity contribution in [3.8, 4) is 0 Å². The maximum atomic E-state index is 6.18. The van der Waals surface area contributed by atoms with Crippen LogP contribution >= 0.6 is 11.6 Å². The minimum absolute atomic E-state index is 0.391. The maximum Gasteiger partial charge on any atom is 0.0295 e. The van der Waals surface area contributed by atoms with Crippen LogP contribution in [0.4, 0.5) is 0 Å². The Morgan fingerprint density at radius 1 is 0.895 bits per heavy atom. The van der Waals surface area contributed by atoms with Crippen LogP contribution in [0.1, 0.15) is 33.7 Å². The molecule has 100 valence electrons. The fourth-order valence-corrected chi connectivity index (χ4v) is 2.67. The molecule has 0 aliphatic rings. The Bertz CT molecular complexity index is 540. The van der Waals surface area contributed by atoms with Gasteiger partial charge in [0.15, 0.2) is 0 Å². The zero-order chi connectivity index (χ0) is 13.8. The highest BCUT2D eigenvalue weighted by molar-refractivity contribution is 6.18. The summed E-state index contributed by atoms with van der Waals surface area (Å²) >= 11 is 6.18. The van der Waals surface area contributed by atoms with E-state index in [0.717, 1.165) is 6.42 Å². The molecule has 0 radical (unpaired) electrons. The van der Waals surface area contributed by atoms with E-state index >= 15 is 0 Å². The third-order valence-corrected chi connectivity index (χ3v) is 4.08. The van der Waals surface area contributed by atoms with E-state index in [0.29, 0.717) is 11.8 Å². The highest BCUT2D eigenvalue weighted by Crippen LogP contribution is 2.25. The molecule has 2 rings (SSSR count). The highest BCUT2D eigenvalue weighted by Gasteiger charge is 2.12. The van der Waals surface area contributed by atoms with Crippen LogP contribution in [0.3, 0.4) is 0 Å². The molecule has 0 aliphatic heterocycles. The largest absolute Gasteiger partial charge is 0.126 e. The zero-order valence-electron chi connectivity index (χ0n) is 11.9. The summed E-state index contributed by atoms with van der Waals surface area (Å²) in [5.41, 5.74) is 6.71. The Kier molecular flexibility index (Phi) is 4.66. The fourth-order valence-electron chi connectivity index (χ4n) is 2.39. The molecule has 0 N–H and O–H groups in total.